The summed E-state index contributed by atoms with van der Waals surface area (Å²) in [5, 5.41) is 0. The van der Waals surface area contributed by atoms with Crippen molar-refractivity contribution in [3.8, 4) is 0 Å². The Bertz CT molecular complexity index is 185. The Morgan fingerprint density at radius 2 is 1.92 bits per heavy atom. The molecule has 0 aliphatic rings. The SMILES string of the molecule is CC=C(C)CC(=O)OC(C)(C)C. The lowest BCUT2D eigenvalue weighted by molar-refractivity contribution is -0.153. The number of hydrogen-bond donors (Lipinski definition) is 0. The summed E-state index contributed by atoms with van der Waals surface area (Å²) in [7, 11) is 0. The van der Waals surface area contributed by atoms with E-state index in [1.165, 1.54) is 0 Å². The number of rotatable bonds is 2. The van der Waals surface area contributed by atoms with E-state index in [1.807, 2.05) is 40.7 Å². The molecule has 0 aromatic carbocycles. The number of carbonyl (C=O) groups excluding carboxylic acids is 1. The van der Waals surface area contributed by atoms with Crippen LogP contribution in [0.1, 0.15) is 41.0 Å². The van der Waals surface area contributed by atoms with Gasteiger partial charge in [0, 0.05) is 0 Å². The van der Waals surface area contributed by atoms with Crippen molar-refractivity contribution in [2.24, 2.45) is 0 Å². The molecule has 2 nitrogen and oxygen atoms in total. The largest absolute Gasteiger partial charge is 0.460 e. The van der Waals surface area contributed by atoms with E-state index in [0.29, 0.717) is 6.42 Å². The molecule has 12 heavy (non-hydrogen) atoms. The molecule has 70 valence electrons. The first-order valence-corrected chi connectivity index (χ1v) is 4.19. The van der Waals surface area contributed by atoms with Gasteiger partial charge in [-0.05, 0) is 34.6 Å². The zero-order valence-corrected chi connectivity index (χ0v) is 8.60. The van der Waals surface area contributed by atoms with Crippen molar-refractivity contribution in [3.63, 3.8) is 0 Å². The highest BCUT2D eigenvalue weighted by molar-refractivity contribution is 5.72. The summed E-state index contributed by atoms with van der Waals surface area (Å²) in [6, 6.07) is 0. The van der Waals surface area contributed by atoms with Gasteiger partial charge in [0.25, 0.3) is 0 Å². The third-order valence-corrected chi connectivity index (χ3v) is 1.34. The minimum absolute atomic E-state index is 0.155. The minimum Gasteiger partial charge on any atom is -0.460 e. The predicted molar refractivity (Wildman–Crippen MR) is 49.9 cm³/mol. The number of ether oxygens (including phenoxy) is 1. The van der Waals surface area contributed by atoms with E-state index in [2.05, 4.69) is 0 Å². The topological polar surface area (TPSA) is 26.3 Å². The van der Waals surface area contributed by atoms with E-state index in [4.69, 9.17) is 4.74 Å². The molecular weight excluding hydrogens is 152 g/mol. The molecule has 0 saturated carbocycles. The first kappa shape index (κ1) is 11.2. The molecule has 0 rings (SSSR count). The summed E-state index contributed by atoms with van der Waals surface area (Å²) >= 11 is 0. The van der Waals surface area contributed by atoms with Crippen LogP contribution in [0.2, 0.25) is 0 Å². The monoisotopic (exact) mass is 170 g/mol. The van der Waals surface area contributed by atoms with Crippen LogP contribution in [-0.4, -0.2) is 11.6 Å². The van der Waals surface area contributed by atoms with Gasteiger partial charge in [-0.25, -0.2) is 0 Å². The average molecular weight is 170 g/mol. The molecule has 2 heteroatoms. The Hall–Kier alpha value is -0.790. The maximum atomic E-state index is 11.2. The van der Waals surface area contributed by atoms with E-state index in [0.717, 1.165) is 5.57 Å². The second-order valence-corrected chi connectivity index (χ2v) is 3.90. The van der Waals surface area contributed by atoms with Gasteiger partial charge in [-0.1, -0.05) is 11.6 Å². The van der Waals surface area contributed by atoms with Crippen molar-refractivity contribution < 1.29 is 9.53 Å². The standard InChI is InChI=1S/C10H18O2/c1-6-8(2)7-9(11)12-10(3,4)5/h6H,7H2,1-5H3. The summed E-state index contributed by atoms with van der Waals surface area (Å²) in [4.78, 5) is 11.2. The lowest BCUT2D eigenvalue weighted by Gasteiger charge is -2.19. The smallest absolute Gasteiger partial charge is 0.310 e. The summed E-state index contributed by atoms with van der Waals surface area (Å²) in [6.07, 6.45) is 2.32. The molecule has 0 amide bonds. The Kier molecular flexibility index (Phi) is 4.01. The zero-order valence-electron chi connectivity index (χ0n) is 8.60. The van der Waals surface area contributed by atoms with E-state index in [1.54, 1.807) is 0 Å². The Labute approximate surface area is 74.6 Å². The molecule has 0 aromatic rings. The fourth-order valence-corrected chi connectivity index (χ4v) is 0.707. The van der Waals surface area contributed by atoms with E-state index < -0.39 is 0 Å². The maximum absolute atomic E-state index is 11.2. The highest BCUT2D eigenvalue weighted by atomic mass is 16.6. The zero-order chi connectivity index (χ0) is 9.78. The molecule has 0 fully saturated rings. The highest BCUT2D eigenvalue weighted by Crippen LogP contribution is 2.10. The molecule has 0 bridgehead atoms. The molecule has 0 spiro atoms. The van der Waals surface area contributed by atoms with Gasteiger partial charge in [-0.2, -0.15) is 0 Å². The molecule has 0 aliphatic carbocycles. The molecule has 0 saturated heterocycles. The first-order chi connectivity index (χ1) is 5.35. The van der Waals surface area contributed by atoms with Crippen molar-refractivity contribution in [2.45, 2.75) is 46.6 Å². The lowest BCUT2D eigenvalue weighted by atomic mass is 10.2. The van der Waals surface area contributed by atoms with E-state index in [-0.39, 0.29) is 11.6 Å². The fourth-order valence-electron chi connectivity index (χ4n) is 0.707. The second kappa shape index (κ2) is 4.29. The van der Waals surface area contributed by atoms with Crippen LogP contribution in [0.4, 0.5) is 0 Å². The van der Waals surface area contributed by atoms with Gasteiger partial charge in [0.2, 0.25) is 0 Å². The Balaban J connectivity index is 3.92. The van der Waals surface area contributed by atoms with Crippen LogP contribution in [0.25, 0.3) is 0 Å². The van der Waals surface area contributed by atoms with Crippen LogP contribution in [0, 0.1) is 0 Å². The first-order valence-electron chi connectivity index (χ1n) is 4.19. The molecule has 0 unspecified atom stereocenters. The number of allylic oxidation sites excluding steroid dienone is 1. The molecule has 0 aromatic heterocycles. The van der Waals surface area contributed by atoms with Gasteiger partial charge in [0.1, 0.15) is 5.60 Å². The van der Waals surface area contributed by atoms with Gasteiger partial charge in [-0.3, -0.25) is 4.79 Å². The molecule has 0 N–H and O–H groups in total. The molecule has 0 radical (unpaired) electrons. The van der Waals surface area contributed by atoms with Gasteiger partial charge >= 0.3 is 5.97 Å². The van der Waals surface area contributed by atoms with Crippen molar-refractivity contribution in [2.75, 3.05) is 0 Å². The van der Waals surface area contributed by atoms with Crippen molar-refractivity contribution in [1.82, 2.24) is 0 Å². The third kappa shape index (κ3) is 5.96. The van der Waals surface area contributed by atoms with Crippen LogP contribution < -0.4 is 0 Å². The number of esters is 1. The lowest BCUT2D eigenvalue weighted by Crippen LogP contribution is -2.23. The van der Waals surface area contributed by atoms with Crippen LogP contribution >= 0.6 is 0 Å². The van der Waals surface area contributed by atoms with Crippen molar-refractivity contribution in [3.05, 3.63) is 11.6 Å². The van der Waals surface area contributed by atoms with Crippen LogP contribution in [-0.2, 0) is 9.53 Å². The molecule has 0 atom stereocenters. The number of carbonyl (C=O) groups is 1. The van der Waals surface area contributed by atoms with Crippen molar-refractivity contribution in [1.29, 1.82) is 0 Å². The Morgan fingerprint density at radius 1 is 1.42 bits per heavy atom. The van der Waals surface area contributed by atoms with Gasteiger partial charge < -0.3 is 4.74 Å². The van der Waals surface area contributed by atoms with Crippen LogP contribution in [0.5, 0.6) is 0 Å². The second-order valence-electron chi connectivity index (χ2n) is 3.90. The van der Waals surface area contributed by atoms with Crippen LogP contribution in [0.3, 0.4) is 0 Å². The summed E-state index contributed by atoms with van der Waals surface area (Å²) in [6.45, 7) is 9.45. The summed E-state index contributed by atoms with van der Waals surface area (Å²) in [5.74, 6) is -0.155. The highest BCUT2D eigenvalue weighted by Gasteiger charge is 2.15. The molecule has 0 aliphatic heterocycles. The van der Waals surface area contributed by atoms with Gasteiger partial charge in [0.05, 0.1) is 6.42 Å². The quantitative estimate of drug-likeness (QED) is 0.470. The van der Waals surface area contributed by atoms with Gasteiger partial charge in [-0.15, -0.1) is 0 Å². The van der Waals surface area contributed by atoms with Crippen molar-refractivity contribution >= 4 is 5.97 Å². The van der Waals surface area contributed by atoms with Gasteiger partial charge in [0.15, 0.2) is 0 Å². The minimum atomic E-state index is -0.370. The van der Waals surface area contributed by atoms with E-state index in [9.17, 15) is 4.79 Å². The van der Waals surface area contributed by atoms with Crippen LogP contribution in [0.15, 0.2) is 11.6 Å². The third-order valence-electron chi connectivity index (χ3n) is 1.34. The van der Waals surface area contributed by atoms with E-state index >= 15 is 0 Å². The fraction of sp³-hybridized carbons (Fsp3) is 0.700. The molecule has 0 heterocycles. The summed E-state index contributed by atoms with van der Waals surface area (Å²) in [5.41, 5.74) is 0.676. The summed E-state index contributed by atoms with van der Waals surface area (Å²) < 4.78 is 5.13. The number of hydrogen-bond acceptors (Lipinski definition) is 2. The normalized spacial score (nSPS) is 12.9. The average Bonchev–Trinajstić information content (AvgIpc) is 1.82. The Morgan fingerprint density at radius 3 is 2.25 bits per heavy atom. The predicted octanol–water partition coefficient (Wildman–Crippen LogP) is 2.68. The maximum Gasteiger partial charge on any atom is 0.310 e. The molecular formula is C10H18O2.